The van der Waals surface area contributed by atoms with Gasteiger partial charge >= 0.3 is 11.9 Å². The summed E-state index contributed by atoms with van der Waals surface area (Å²) in [6.07, 6.45) is 2.40. The number of carboxylic acids is 2. The van der Waals surface area contributed by atoms with E-state index < -0.39 is 11.9 Å². The van der Waals surface area contributed by atoms with E-state index in [0.29, 0.717) is 0 Å². The van der Waals surface area contributed by atoms with Crippen molar-refractivity contribution in [2.45, 2.75) is 19.3 Å². The molecule has 2 N–H and O–H groups in total. The molecule has 0 heterocycles. The van der Waals surface area contributed by atoms with Crippen molar-refractivity contribution in [3.8, 4) is 0 Å². The molecule has 2 aliphatic carbocycles. The summed E-state index contributed by atoms with van der Waals surface area (Å²) in [5, 5.41) is 17.7. The molecular weight excluding hydrogens is 369 g/mol. The molecule has 2 rings (SSSR count). The summed E-state index contributed by atoms with van der Waals surface area (Å²) in [5.41, 5.74) is 0.313. The van der Waals surface area contributed by atoms with E-state index in [1.807, 2.05) is 0 Å². The minimum atomic E-state index is -1.05. The number of hydrogen-bond donors (Lipinski definition) is 2. The van der Waals surface area contributed by atoms with Crippen LogP contribution in [-0.2, 0) is 32.0 Å². The maximum Gasteiger partial charge on any atom is 0.332 e. The molecule has 2 bridgehead atoms. The van der Waals surface area contributed by atoms with Gasteiger partial charge in [-0.05, 0) is 31.1 Å². The zero-order valence-corrected chi connectivity index (χ0v) is 9.45. The van der Waals surface area contributed by atoms with E-state index in [2.05, 4.69) is 0 Å². The molecule has 81 valence electrons. The second-order valence-corrected chi connectivity index (χ2v) is 3.64. The van der Waals surface area contributed by atoms with E-state index in [-0.39, 0.29) is 45.4 Å². The van der Waals surface area contributed by atoms with Crippen molar-refractivity contribution in [3.63, 3.8) is 0 Å². The van der Waals surface area contributed by atoms with Crippen LogP contribution in [0.3, 0.4) is 0 Å². The van der Waals surface area contributed by atoms with Crippen LogP contribution in [0.25, 0.3) is 0 Å². The van der Waals surface area contributed by atoms with Crippen LogP contribution in [0.1, 0.15) is 19.3 Å². The molecule has 0 aliphatic heterocycles. The number of fused-ring (bicyclic) bond motifs is 2. The fourth-order valence-electron chi connectivity index (χ4n) is 2.53. The quantitative estimate of drug-likeness (QED) is 0.699. The van der Waals surface area contributed by atoms with Gasteiger partial charge in [0.05, 0.1) is 11.1 Å². The van der Waals surface area contributed by atoms with Crippen molar-refractivity contribution >= 4 is 11.9 Å². The Morgan fingerprint density at radius 3 is 1.64 bits per heavy atom. The van der Waals surface area contributed by atoms with Gasteiger partial charge in [0.1, 0.15) is 0 Å². The van der Waals surface area contributed by atoms with Crippen molar-refractivity contribution in [3.05, 3.63) is 11.1 Å². The summed E-state index contributed by atoms with van der Waals surface area (Å²) in [6, 6.07) is 0. The Morgan fingerprint density at radius 2 is 1.36 bits per heavy atom. The van der Waals surface area contributed by atoms with Crippen molar-refractivity contribution in [2.75, 3.05) is 0 Å². The smallest absolute Gasteiger partial charge is 0.332 e. The predicted octanol–water partition coefficient (Wildman–Crippen LogP) is 0.880. The normalized spacial score (nSPS) is 28.9. The Labute approximate surface area is 96.5 Å². The average Bonchev–Trinajstić information content (AvgIpc) is 2.60. The zero-order valence-electron chi connectivity index (χ0n) is 7.29. The first kappa shape index (κ1) is 11.5. The second-order valence-electron chi connectivity index (χ2n) is 3.64. The first-order valence-corrected chi connectivity index (χ1v) is 4.32. The Hall–Kier alpha value is -0.580. The van der Waals surface area contributed by atoms with Crippen LogP contribution in [0.5, 0.6) is 0 Å². The molecular formula is C9H10AuO4. The monoisotopic (exact) mass is 379 g/mol. The minimum absolute atomic E-state index is 0. The molecule has 0 aromatic heterocycles. The number of hydrogen-bond acceptors (Lipinski definition) is 2. The molecule has 0 aromatic carbocycles. The molecule has 2 atom stereocenters. The van der Waals surface area contributed by atoms with Crippen LogP contribution in [0.2, 0.25) is 0 Å². The van der Waals surface area contributed by atoms with E-state index in [1.54, 1.807) is 0 Å². The summed E-state index contributed by atoms with van der Waals surface area (Å²) in [5.74, 6) is -2.11. The topological polar surface area (TPSA) is 74.6 Å². The van der Waals surface area contributed by atoms with E-state index in [9.17, 15) is 9.59 Å². The maximum absolute atomic E-state index is 10.8. The third kappa shape index (κ3) is 1.54. The van der Waals surface area contributed by atoms with Gasteiger partial charge in [-0.25, -0.2) is 9.59 Å². The van der Waals surface area contributed by atoms with E-state index in [1.165, 1.54) is 0 Å². The Balaban J connectivity index is 0.000000980. The summed E-state index contributed by atoms with van der Waals surface area (Å²) >= 11 is 0. The molecule has 0 amide bonds. The molecule has 0 saturated heterocycles. The summed E-state index contributed by atoms with van der Waals surface area (Å²) in [6.45, 7) is 0. The van der Waals surface area contributed by atoms with Crippen LogP contribution >= 0.6 is 0 Å². The molecule has 2 aliphatic rings. The minimum Gasteiger partial charge on any atom is -0.478 e. The van der Waals surface area contributed by atoms with Crippen LogP contribution < -0.4 is 0 Å². The number of rotatable bonds is 2. The van der Waals surface area contributed by atoms with Gasteiger partial charge in [0, 0.05) is 22.4 Å². The number of carboxylic acid groups (broad SMARTS) is 2. The van der Waals surface area contributed by atoms with E-state index in [4.69, 9.17) is 10.2 Å². The molecule has 1 radical (unpaired) electrons. The molecule has 1 fully saturated rings. The molecule has 5 heteroatoms. The fraction of sp³-hybridized carbons (Fsp3) is 0.556. The zero-order chi connectivity index (χ0) is 9.59. The van der Waals surface area contributed by atoms with E-state index >= 15 is 0 Å². The molecule has 4 nitrogen and oxygen atoms in total. The first-order valence-electron chi connectivity index (χ1n) is 4.32. The number of aliphatic carboxylic acids is 2. The Kier molecular flexibility index (Phi) is 3.19. The SMILES string of the molecule is O=C(O)C1=C(C(=O)O)C2CCC1C2.[Au]. The Morgan fingerprint density at radius 1 is 1.00 bits per heavy atom. The fourth-order valence-corrected chi connectivity index (χ4v) is 2.53. The molecule has 0 spiro atoms. The first-order chi connectivity index (χ1) is 6.11. The van der Waals surface area contributed by atoms with Gasteiger partial charge in [0.15, 0.2) is 0 Å². The molecule has 14 heavy (non-hydrogen) atoms. The largest absolute Gasteiger partial charge is 0.478 e. The van der Waals surface area contributed by atoms with Gasteiger partial charge in [0.2, 0.25) is 0 Å². The van der Waals surface area contributed by atoms with E-state index in [0.717, 1.165) is 19.3 Å². The van der Waals surface area contributed by atoms with Crippen LogP contribution in [0, 0.1) is 11.8 Å². The van der Waals surface area contributed by atoms with Gasteiger partial charge in [-0.1, -0.05) is 0 Å². The maximum atomic E-state index is 10.8. The Bertz CT molecular complexity index is 291. The van der Waals surface area contributed by atoms with Crippen molar-refractivity contribution in [1.82, 2.24) is 0 Å². The van der Waals surface area contributed by atoms with Gasteiger partial charge in [-0.15, -0.1) is 0 Å². The van der Waals surface area contributed by atoms with Crippen molar-refractivity contribution < 1.29 is 42.2 Å². The van der Waals surface area contributed by atoms with Crippen LogP contribution in [0.15, 0.2) is 11.1 Å². The van der Waals surface area contributed by atoms with Crippen molar-refractivity contribution in [1.29, 1.82) is 0 Å². The molecule has 1 saturated carbocycles. The third-order valence-electron chi connectivity index (χ3n) is 3.00. The van der Waals surface area contributed by atoms with Gasteiger partial charge in [-0.3, -0.25) is 0 Å². The second kappa shape index (κ2) is 3.88. The standard InChI is InChI=1S/C9H10O4.Au/c10-8(11)6-4-1-2-5(3-4)7(6)9(12)13;/h4-5H,1-3H2,(H,10,11)(H,12,13);. The average molecular weight is 379 g/mol. The van der Waals surface area contributed by atoms with Gasteiger partial charge in [-0.2, -0.15) is 0 Å². The van der Waals surface area contributed by atoms with Gasteiger partial charge < -0.3 is 10.2 Å². The van der Waals surface area contributed by atoms with Crippen LogP contribution in [0.4, 0.5) is 0 Å². The summed E-state index contributed by atoms with van der Waals surface area (Å²) in [4.78, 5) is 21.6. The molecule has 0 aromatic rings. The number of carbonyl (C=O) groups is 2. The summed E-state index contributed by atoms with van der Waals surface area (Å²) < 4.78 is 0. The third-order valence-corrected chi connectivity index (χ3v) is 3.00. The molecule has 2 unspecified atom stereocenters. The summed E-state index contributed by atoms with van der Waals surface area (Å²) in [7, 11) is 0. The van der Waals surface area contributed by atoms with Crippen molar-refractivity contribution in [2.24, 2.45) is 11.8 Å². The van der Waals surface area contributed by atoms with Crippen LogP contribution in [-0.4, -0.2) is 22.2 Å². The predicted molar refractivity (Wildman–Crippen MR) is 43.1 cm³/mol. The van der Waals surface area contributed by atoms with Gasteiger partial charge in [0.25, 0.3) is 0 Å².